The van der Waals surface area contributed by atoms with Crippen molar-refractivity contribution >= 4 is 16.9 Å². The molecule has 3 aromatic rings. The number of fused-ring (bicyclic) bond motifs is 1. The standard InChI is InChI=1S/C17H15N3O3/c1-22-16(13-8-18-10-19-9-13)12-6-11-4-3-5-20-15(11)14(7-12)17(21)23-2/h3-10,16H,1-2H3. The summed E-state index contributed by atoms with van der Waals surface area (Å²) >= 11 is 0. The van der Waals surface area contributed by atoms with Gasteiger partial charge < -0.3 is 9.47 Å². The van der Waals surface area contributed by atoms with Crippen LogP contribution in [-0.4, -0.2) is 35.1 Å². The van der Waals surface area contributed by atoms with Gasteiger partial charge in [-0.2, -0.15) is 0 Å². The molecule has 0 spiro atoms. The molecule has 0 amide bonds. The number of esters is 1. The molecule has 3 rings (SSSR count). The van der Waals surface area contributed by atoms with E-state index in [0.717, 1.165) is 16.5 Å². The Balaban J connectivity index is 2.19. The normalized spacial score (nSPS) is 12.1. The van der Waals surface area contributed by atoms with Crippen LogP contribution >= 0.6 is 0 Å². The number of nitrogens with zero attached hydrogens (tertiary/aromatic N) is 3. The molecule has 0 aliphatic heterocycles. The quantitative estimate of drug-likeness (QED) is 0.690. The fraction of sp³-hybridized carbons (Fsp3) is 0.176. The molecule has 0 aliphatic carbocycles. The van der Waals surface area contributed by atoms with Gasteiger partial charge in [-0.25, -0.2) is 14.8 Å². The highest BCUT2D eigenvalue weighted by molar-refractivity contribution is 6.03. The van der Waals surface area contributed by atoms with Gasteiger partial charge in [-0.15, -0.1) is 0 Å². The van der Waals surface area contributed by atoms with Gasteiger partial charge in [0, 0.05) is 36.7 Å². The smallest absolute Gasteiger partial charge is 0.340 e. The Labute approximate surface area is 133 Å². The number of pyridine rings is 1. The second-order valence-corrected chi connectivity index (χ2v) is 4.92. The third-order valence-electron chi connectivity index (χ3n) is 3.55. The van der Waals surface area contributed by atoms with Gasteiger partial charge in [-0.1, -0.05) is 6.07 Å². The summed E-state index contributed by atoms with van der Waals surface area (Å²) in [7, 11) is 2.95. The number of ether oxygens (including phenoxy) is 2. The molecular formula is C17H15N3O3. The zero-order valence-corrected chi connectivity index (χ0v) is 12.8. The van der Waals surface area contributed by atoms with Crippen molar-refractivity contribution < 1.29 is 14.3 Å². The van der Waals surface area contributed by atoms with Crippen LogP contribution in [0.15, 0.2) is 49.2 Å². The highest BCUT2D eigenvalue weighted by atomic mass is 16.5. The summed E-state index contributed by atoms with van der Waals surface area (Å²) in [5.41, 5.74) is 2.61. The molecule has 0 fully saturated rings. The third-order valence-corrected chi connectivity index (χ3v) is 3.55. The number of hydrogen-bond donors (Lipinski definition) is 0. The van der Waals surface area contributed by atoms with Crippen molar-refractivity contribution in [2.45, 2.75) is 6.10 Å². The molecule has 1 unspecified atom stereocenters. The molecule has 6 nitrogen and oxygen atoms in total. The maximum absolute atomic E-state index is 12.1. The summed E-state index contributed by atoms with van der Waals surface area (Å²) in [5, 5.41) is 0.837. The summed E-state index contributed by atoms with van der Waals surface area (Å²) < 4.78 is 10.5. The van der Waals surface area contributed by atoms with Gasteiger partial charge in [0.15, 0.2) is 0 Å². The summed E-state index contributed by atoms with van der Waals surface area (Å²) in [6, 6.07) is 7.39. The molecule has 1 atom stereocenters. The molecule has 0 N–H and O–H groups in total. The van der Waals surface area contributed by atoms with Crippen LogP contribution in [0.3, 0.4) is 0 Å². The number of methoxy groups -OCH3 is 2. The number of benzene rings is 1. The zero-order valence-electron chi connectivity index (χ0n) is 12.8. The predicted molar refractivity (Wildman–Crippen MR) is 84.0 cm³/mol. The van der Waals surface area contributed by atoms with Crippen molar-refractivity contribution in [2.24, 2.45) is 0 Å². The number of carbonyl (C=O) groups is 1. The highest BCUT2D eigenvalue weighted by Gasteiger charge is 2.19. The average Bonchev–Trinajstić information content (AvgIpc) is 2.62. The molecule has 0 saturated heterocycles. The molecule has 116 valence electrons. The molecule has 0 aliphatic rings. The molecule has 2 aromatic heterocycles. The van der Waals surface area contributed by atoms with Gasteiger partial charge in [0.1, 0.15) is 12.4 Å². The van der Waals surface area contributed by atoms with Gasteiger partial charge in [0.2, 0.25) is 0 Å². The maximum Gasteiger partial charge on any atom is 0.340 e. The monoisotopic (exact) mass is 309 g/mol. The van der Waals surface area contributed by atoms with E-state index in [4.69, 9.17) is 9.47 Å². The summed E-state index contributed by atoms with van der Waals surface area (Å²) in [4.78, 5) is 24.4. The van der Waals surface area contributed by atoms with Crippen LogP contribution in [0.4, 0.5) is 0 Å². The zero-order chi connectivity index (χ0) is 16.2. The van der Waals surface area contributed by atoms with Crippen LogP contribution < -0.4 is 0 Å². The van der Waals surface area contributed by atoms with Gasteiger partial charge in [0.05, 0.1) is 18.2 Å². The van der Waals surface area contributed by atoms with Crippen molar-refractivity contribution in [1.29, 1.82) is 0 Å². The van der Waals surface area contributed by atoms with E-state index >= 15 is 0 Å². The molecule has 2 heterocycles. The minimum absolute atomic E-state index is 0.385. The fourth-order valence-electron chi connectivity index (χ4n) is 2.54. The van der Waals surface area contributed by atoms with Crippen molar-refractivity contribution in [3.63, 3.8) is 0 Å². The Morgan fingerprint density at radius 2 is 1.91 bits per heavy atom. The third kappa shape index (κ3) is 2.89. The van der Waals surface area contributed by atoms with Crippen LogP contribution in [-0.2, 0) is 9.47 Å². The lowest BCUT2D eigenvalue weighted by atomic mass is 9.98. The molecule has 1 aromatic carbocycles. The van der Waals surface area contributed by atoms with Gasteiger partial charge in [0.25, 0.3) is 0 Å². The first-order valence-corrected chi connectivity index (χ1v) is 6.99. The van der Waals surface area contributed by atoms with E-state index in [1.807, 2.05) is 18.2 Å². The number of carbonyl (C=O) groups excluding carboxylic acids is 1. The Hall–Kier alpha value is -2.86. The number of aromatic nitrogens is 3. The lowest BCUT2D eigenvalue weighted by Gasteiger charge is -2.17. The first-order chi connectivity index (χ1) is 11.2. The lowest BCUT2D eigenvalue weighted by molar-refractivity contribution is 0.0602. The van der Waals surface area contributed by atoms with Crippen molar-refractivity contribution in [1.82, 2.24) is 15.0 Å². The molecule has 6 heteroatoms. The predicted octanol–water partition coefficient (Wildman–Crippen LogP) is 2.55. The molecule has 0 radical (unpaired) electrons. The second-order valence-electron chi connectivity index (χ2n) is 4.92. The van der Waals surface area contributed by atoms with E-state index in [1.165, 1.54) is 13.4 Å². The van der Waals surface area contributed by atoms with Gasteiger partial charge in [-0.3, -0.25) is 4.98 Å². The van der Waals surface area contributed by atoms with Crippen molar-refractivity contribution in [2.75, 3.05) is 14.2 Å². The van der Waals surface area contributed by atoms with Crippen LogP contribution in [0.1, 0.15) is 27.6 Å². The van der Waals surface area contributed by atoms with Crippen LogP contribution in [0.2, 0.25) is 0 Å². The fourth-order valence-corrected chi connectivity index (χ4v) is 2.54. The van der Waals surface area contributed by atoms with E-state index in [-0.39, 0.29) is 6.10 Å². The topological polar surface area (TPSA) is 74.2 Å². The summed E-state index contributed by atoms with van der Waals surface area (Å²) in [5.74, 6) is -0.435. The highest BCUT2D eigenvalue weighted by Crippen LogP contribution is 2.29. The minimum atomic E-state index is -0.435. The first kappa shape index (κ1) is 15.1. The Kier molecular flexibility index (Phi) is 4.25. The first-order valence-electron chi connectivity index (χ1n) is 6.99. The van der Waals surface area contributed by atoms with E-state index in [9.17, 15) is 4.79 Å². The lowest BCUT2D eigenvalue weighted by Crippen LogP contribution is -2.09. The van der Waals surface area contributed by atoms with E-state index in [1.54, 1.807) is 31.8 Å². The van der Waals surface area contributed by atoms with Gasteiger partial charge >= 0.3 is 5.97 Å². The largest absolute Gasteiger partial charge is 0.465 e. The molecule has 0 saturated carbocycles. The van der Waals surface area contributed by atoms with E-state index in [0.29, 0.717) is 11.1 Å². The maximum atomic E-state index is 12.1. The molecule has 23 heavy (non-hydrogen) atoms. The van der Waals surface area contributed by atoms with Gasteiger partial charge in [-0.05, 0) is 23.8 Å². The van der Waals surface area contributed by atoms with E-state index in [2.05, 4.69) is 15.0 Å². The Bertz CT molecular complexity index is 837. The van der Waals surface area contributed by atoms with Crippen molar-refractivity contribution in [3.8, 4) is 0 Å². The average molecular weight is 309 g/mol. The van der Waals surface area contributed by atoms with E-state index < -0.39 is 5.97 Å². The minimum Gasteiger partial charge on any atom is -0.465 e. The number of rotatable bonds is 4. The van der Waals surface area contributed by atoms with Crippen LogP contribution in [0, 0.1) is 0 Å². The second kappa shape index (κ2) is 6.50. The van der Waals surface area contributed by atoms with Crippen LogP contribution in [0.25, 0.3) is 10.9 Å². The van der Waals surface area contributed by atoms with Crippen LogP contribution in [0.5, 0.6) is 0 Å². The van der Waals surface area contributed by atoms with Crippen molar-refractivity contribution in [3.05, 3.63) is 65.9 Å². The Morgan fingerprint density at radius 1 is 1.13 bits per heavy atom. The summed E-state index contributed by atoms with van der Waals surface area (Å²) in [6.07, 6.45) is 6.09. The number of hydrogen-bond acceptors (Lipinski definition) is 6. The SMILES string of the molecule is COC(=O)c1cc(C(OC)c2cncnc2)cc2cccnc12. The Morgan fingerprint density at radius 3 is 2.61 bits per heavy atom. The molecular weight excluding hydrogens is 294 g/mol. The summed E-state index contributed by atoms with van der Waals surface area (Å²) in [6.45, 7) is 0. The molecule has 0 bridgehead atoms.